The predicted octanol–water partition coefficient (Wildman–Crippen LogP) is 3.51. The van der Waals surface area contributed by atoms with E-state index in [1.807, 2.05) is 0 Å². The van der Waals surface area contributed by atoms with Gasteiger partial charge in [-0.05, 0) is 50.9 Å². The highest BCUT2D eigenvalue weighted by Crippen LogP contribution is 2.27. The van der Waals surface area contributed by atoms with E-state index in [2.05, 4.69) is 5.32 Å². The van der Waals surface area contributed by atoms with Gasteiger partial charge < -0.3 is 11.1 Å². The molecular weight excluding hydrogens is 248 g/mol. The number of hydrogen-bond donors (Lipinski definition) is 2. The molecule has 0 aliphatic heterocycles. The summed E-state index contributed by atoms with van der Waals surface area (Å²) in [5, 5.41) is 3.27. The van der Waals surface area contributed by atoms with Gasteiger partial charge in [-0.3, -0.25) is 4.79 Å². The van der Waals surface area contributed by atoms with Gasteiger partial charge in [0, 0.05) is 18.5 Å². The van der Waals surface area contributed by atoms with E-state index in [0.717, 1.165) is 31.6 Å². The normalized spacial score (nSPS) is 29.4. The summed E-state index contributed by atoms with van der Waals surface area (Å²) in [7, 11) is 0. The van der Waals surface area contributed by atoms with Crippen molar-refractivity contribution in [3.8, 4) is 0 Å². The molecule has 0 radical (unpaired) electrons. The van der Waals surface area contributed by atoms with Crippen LogP contribution in [0.2, 0.25) is 0 Å². The van der Waals surface area contributed by atoms with Crippen molar-refractivity contribution < 1.29 is 4.79 Å². The second-order valence-corrected chi connectivity index (χ2v) is 6.93. The summed E-state index contributed by atoms with van der Waals surface area (Å²) in [6, 6.07) is 0.859. The van der Waals surface area contributed by atoms with Crippen LogP contribution >= 0.6 is 0 Å². The maximum Gasteiger partial charge on any atom is 0.220 e. The van der Waals surface area contributed by atoms with Crippen molar-refractivity contribution in [3.05, 3.63) is 0 Å². The molecule has 116 valence electrons. The Kier molecular flexibility index (Phi) is 6.85. The molecule has 3 N–H and O–H groups in total. The van der Waals surface area contributed by atoms with Crippen molar-refractivity contribution >= 4 is 5.91 Å². The fraction of sp³-hybridized carbons (Fsp3) is 0.941. The summed E-state index contributed by atoms with van der Waals surface area (Å²) in [6.45, 7) is 0. The van der Waals surface area contributed by atoms with Crippen LogP contribution in [0.4, 0.5) is 0 Å². The fourth-order valence-electron chi connectivity index (χ4n) is 3.71. The van der Waals surface area contributed by atoms with E-state index in [9.17, 15) is 4.79 Å². The number of hydrogen-bond acceptors (Lipinski definition) is 2. The summed E-state index contributed by atoms with van der Waals surface area (Å²) < 4.78 is 0. The molecule has 0 spiro atoms. The van der Waals surface area contributed by atoms with Crippen LogP contribution in [0.5, 0.6) is 0 Å². The first kappa shape index (κ1) is 15.8. The SMILES string of the molecule is NC1CCC(CCC(=O)NC2CCCCCCC2)CC1. The zero-order valence-corrected chi connectivity index (χ0v) is 12.9. The lowest BCUT2D eigenvalue weighted by atomic mass is 9.84. The zero-order valence-electron chi connectivity index (χ0n) is 12.9. The van der Waals surface area contributed by atoms with Crippen LogP contribution in [0.3, 0.4) is 0 Å². The van der Waals surface area contributed by atoms with Crippen molar-refractivity contribution in [1.29, 1.82) is 0 Å². The van der Waals surface area contributed by atoms with Gasteiger partial charge in [-0.1, -0.05) is 32.1 Å². The van der Waals surface area contributed by atoms with Gasteiger partial charge in [0.15, 0.2) is 0 Å². The molecule has 0 unspecified atom stereocenters. The average Bonchev–Trinajstić information content (AvgIpc) is 2.41. The second-order valence-electron chi connectivity index (χ2n) is 6.93. The quantitative estimate of drug-likeness (QED) is 0.828. The molecule has 2 rings (SSSR count). The lowest BCUT2D eigenvalue weighted by molar-refractivity contribution is -0.122. The Balaban J connectivity index is 1.61. The molecule has 1 amide bonds. The lowest BCUT2D eigenvalue weighted by Crippen LogP contribution is -2.35. The van der Waals surface area contributed by atoms with Crippen LogP contribution in [0.25, 0.3) is 0 Å². The van der Waals surface area contributed by atoms with E-state index in [0.29, 0.717) is 12.1 Å². The van der Waals surface area contributed by atoms with Gasteiger partial charge in [-0.2, -0.15) is 0 Å². The molecule has 2 saturated carbocycles. The Morgan fingerprint density at radius 1 is 0.900 bits per heavy atom. The average molecular weight is 280 g/mol. The first-order valence-electron chi connectivity index (χ1n) is 8.79. The van der Waals surface area contributed by atoms with Crippen LogP contribution in [0.15, 0.2) is 0 Å². The van der Waals surface area contributed by atoms with Crippen molar-refractivity contribution in [2.24, 2.45) is 11.7 Å². The van der Waals surface area contributed by atoms with Crippen molar-refractivity contribution in [2.75, 3.05) is 0 Å². The van der Waals surface area contributed by atoms with Crippen molar-refractivity contribution in [1.82, 2.24) is 5.32 Å². The van der Waals surface area contributed by atoms with Crippen LogP contribution in [-0.4, -0.2) is 18.0 Å². The van der Waals surface area contributed by atoms with Crippen molar-refractivity contribution in [2.45, 2.75) is 95.6 Å². The maximum absolute atomic E-state index is 12.1. The largest absolute Gasteiger partial charge is 0.353 e. The molecule has 2 aliphatic carbocycles. The number of nitrogens with two attached hydrogens (primary N) is 1. The lowest BCUT2D eigenvalue weighted by Gasteiger charge is -2.26. The molecule has 0 heterocycles. The zero-order chi connectivity index (χ0) is 14.2. The highest BCUT2D eigenvalue weighted by atomic mass is 16.1. The molecule has 20 heavy (non-hydrogen) atoms. The van der Waals surface area contributed by atoms with E-state index < -0.39 is 0 Å². The molecule has 0 saturated heterocycles. The second kappa shape index (κ2) is 8.66. The maximum atomic E-state index is 12.1. The summed E-state index contributed by atoms with van der Waals surface area (Å²) >= 11 is 0. The summed E-state index contributed by atoms with van der Waals surface area (Å²) in [5.41, 5.74) is 5.92. The Bertz CT molecular complexity index is 277. The van der Waals surface area contributed by atoms with Gasteiger partial charge in [0.25, 0.3) is 0 Å². The third-order valence-corrected chi connectivity index (χ3v) is 5.14. The standard InChI is InChI=1S/C17H32N2O/c18-15-11-8-14(9-12-15)10-13-17(20)19-16-6-4-2-1-3-5-7-16/h14-16H,1-13,18H2,(H,19,20). The van der Waals surface area contributed by atoms with Gasteiger partial charge >= 0.3 is 0 Å². The fourth-order valence-corrected chi connectivity index (χ4v) is 3.71. The Hall–Kier alpha value is -0.570. The van der Waals surface area contributed by atoms with E-state index in [-0.39, 0.29) is 5.91 Å². The third-order valence-electron chi connectivity index (χ3n) is 5.14. The minimum Gasteiger partial charge on any atom is -0.353 e. The molecule has 0 bridgehead atoms. The first-order valence-corrected chi connectivity index (χ1v) is 8.79. The van der Waals surface area contributed by atoms with Crippen LogP contribution < -0.4 is 11.1 Å². The van der Waals surface area contributed by atoms with Crippen LogP contribution in [-0.2, 0) is 4.79 Å². The van der Waals surface area contributed by atoms with Crippen LogP contribution in [0.1, 0.15) is 83.5 Å². The summed E-state index contributed by atoms with van der Waals surface area (Å²) in [6.07, 6.45) is 15.5. The molecule has 0 aromatic carbocycles. The van der Waals surface area contributed by atoms with Gasteiger partial charge in [0.2, 0.25) is 5.91 Å². The number of rotatable bonds is 4. The predicted molar refractivity (Wildman–Crippen MR) is 83.4 cm³/mol. The topological polar surface area (TPSA) is 55.1 Å². The van der Waals surface area contributed by atoms with Gasteiger partial charge in [-0.25, -0.2) is 0 Å². The van der Waals surface area contributed by atoms with Crippen molar-refractivity contribution in [3.63, 3.8) is 0 Å². The molecule has 2 fully saturated rings. The molecule has 3 heteroatoms. The molecule has 0 atom stereocenters. The summed E-state index contributed by atoms with van der Waals surface area (Å²) in [4.78, 5) is 12.1. The Labute approximate surface area is 124 Å². The van der Waals surface area contributed by atoms with E-state index >= 15 is 0 Å². The number of amides is 1. The van der Waals surface area contributed by atoms with Gasteiger partial charge in [-0.15, -0.1) is 0 Å². The molecule has 0 aromatic heterocycles. The minimum absolute atomic E-state index is 0.283. The molecular formula is C17H32N2O. The summed E-state index contributed by atoms with van der Waals surface area (Å²) in [5.74, 6) is 1.02. The highest BCUT2D eigenvalue weighted by Gasteiger charge is 2.20. The van der Waals surface area contributed by atoms with Gasteiger partial charge in [0.05, 0.1) is 0 Å². The third kappa shape index (κ3) is 5.82. The Morgan fingerprint density at radius 3 is 2.15 bits per heavy atom. The van der Waals surface area contributed by atoms with Crippen LogP contribution in [0, 0.1) is 5.92 Å². The smallest absolute Gasteiger partial charge is 0.220 e. The monoisotopic (exact) mass is 280 g/mol. The number of carbonyl (C=O) groups is 1. The Morgan fingerprint density at radius 2 is 1.50 bits per heavy atom. The number of nitrogens with one attached hydrogen (secondary N) is 1. The van der Waals surface area contributed by atoms with Gasteiger partial charge in [0.1, 0.15) is 0 Å². The number of carbonyl (C=O) groups excluding carboxylic acids is 1. The van der Waals surface area contributed by atoms with E-state index in [1.54, 1.807) is 0 Å². The minimum atomic E-state index is 0.283. The highest BCUT2D eigenvalue weighted by molar-refractivity contribution is 5.76. The van der Waals surface area contributed by atoms with E-state index in [1.165, 1.54) is 57.8 Å². The first-order chi connectivity index (χ1) is 9.74. The molecule has 3 nitrogen and oxygen atoms in total. The van der Waals surface area contributed by atoms with E-state index in [4.69, 9.17) is 5.73 Å². The molecule has 0 aromatic rings. The molecule has 2 aliphatic rings.